The van der Waals surface area contributed by atoms with E-state index in [4.69, 9.17) is 21.1 Å². The molecular formula is C28H28ClN7O3. The number of aromatic nitrogens is 2. The molecule has 4 N–H and O–H groups in total. The molecule has 1 aliphatic heterocycles. The van der Waals surface area contributed by atoms with Gasteiger partial charge in [-0.1, -0.05) is 23.7 Å². The molecule has 0 atom stereocenters. The van der Waals surface area contributed by atoms with E-state index in [0.717, 1.165) is 37.7 Å². The van der Waals surface area contributed by atoms with Crippen molar-refractivity contribution in [3.05, 3.63) is 84.0 Å². The number of carbonyl (C=O) groups excluding carboxylic acids is 1. The van der Waals surface area contributed by atoms with E-state index in [1.54, 1.807) is 37.4 Å². The molecule has 0 radical (unpaired) electrons. The van der Waals surface area contributed by atoms with E-state index >= 15 is 0 Å². The third kappa shape index (κ3) is 6.86. The van der Waals surface area contributed by atoms with E-state index in [9.17, 15) is 4.79 Å². The molecule has 0 unspecified atom stereocenters. The number of rotatable bonds is 8. The second kappa shape index (κ2) is 12.3. The van der Waals surface area contributed by atoms with Gasteiger partial charge < -0.3 is 35.6 Å². The van der Waals surface area contributed by atoms with Crippen molar-refractivity contribution in [1.82, 2.24) is 9.97 Å². The predicted molar refractivity (Wildman–Crippen MR) is 155 cm³/mol. The van der Waals surface area contributed by atoms with E-state index < -0.39 is 6.03 Å². The van der Waals surface area contributed by atoms with Crippen LogP contribution in [0.2, 0.25) is 5.02 Å². The quantitative estimate of drug-likeness (QED) is 0.210. The van der Waals surface area contributed by atoms with Gasteiger partial charge in [0.15, 0.2) is 5.82 Å². The molecule has 1 aromatic heterocycles. The van der Waals surface area contributed by atoms with Crippen LogP contribution < -0.4 is 30.9 Å². The van der Waals surface area contributed by atoms with Crippen molar-refractivity contribution in [2.45, 2.75) is 0 Å². The van der Waals surface area contributed by atoms with Gasteiger partial charge in [0.25, 0.3) is 0 Å². The van der Waals surface area contributed by atoms with Crippen LogP contribution in [-0.2, 0) is 4.74 Å². The average molecular weight is 546 g/mol. The molecule has 10 nitrogen and oxygen atoms in total. The Kier molecular flexibility index (Phi) is 8.25. The maximum Gasteiger partial charge on any atom is 0.323 e. The number of morpholine rings is 1. The van der Waals surface area contributed by atoms with Crippen molar-refractivity contribution in [3.63, 3.8) is 0 Å². The van der Waals surface area contributed by atoms with Gasteiger partial charge in [0, 0.05) is 30.2 Å². The van der Waals surface area contributed by atoms with Gasteiger partial charge in [-0.05, 0) is 60.7 Å². The molecule has 1 fully saturated rings. The minimum absolute atomic E-state index is 0.334. The molecule has 4 aromatic rings. The molecule has 1 aliphatic rings. The fourth-order valence-electron chi connectivity index (χ4n) is 4.01. The lowest BCUT2D eigenvalue weighted by molar-refractivity contribution is 0.122. The van der Waals surface area contributed by atoms with Crippen LogP contribution in [0, 0.1) is 0 Å². The van der Waals surface area contributed by atoms with Gasteiger partial charge >= 0.3 is 6.03 Å². The Morgan fingerprint density at radius 2 is 1.59 bits per heavy atom. The summed E-state index contributed by atoms with van der Waals surface area (Å²) in [5.41, 5.74) is 3.78. The molecule has 39 heavy (non-hydrogen) atoms. The highest BCUT2D eigenvalue weighted by Crippen LogP contribution is 2.30. The molecule has 0 saturated carbocycles. The number of urea groups is 1. The zero-order chi connectivity index (χ0) is 27.0. The van der Waals surface area contributed by atoms with Gasteiger partial charge in [-0.15, -0.1) is 0 Å². The molecule has 2 heterocycles. The first-order valence-corrected chi connectivity index (χ1v) is 12.8. The summed E-state index contributed by atoms with van der Waals surface area (Å²) in [4.78, 5) is 23.8. The number of carbonyl (C=O) groups is 1. The molecular weight excluding hydrogens is 518 g/mol. The molecule has 0 aliphatic carbocycles. The minimum Gasteiger partial charge on any atom is -0.497 e. The Balaban J connectivity index is 1.25. The highest BCUT2D eigenvalue weighted by atomic mass is 35.5. The van der Waals surface area contributed by atoms with Crippen molar-refractivity contribution in [2.75, 3.05) is 59.6 Å². The zero-order valence-electron chi connectivity index (χ0n) is 21.3. The standard InChI is InChI=1S/C28H28ClN7O3/c1-38-22-12-8-20(9-13-22)32-28(37)34-25-5-3-2-4-24(25)33-26-23(29)18-30-27(35-26)31-19-6-10-21(11-7-19)36-14-16-39-17-15-36/h2-13,18H,14-17H2,1H3,(H2,32,34,37)(H2,30,31,33,35). The molecule has 5 rings (SSSR count). The smallest absolute Gasteiger partial charge is 0.323 e. The van der Waals surface area contributed by atoms with E-state index in [1.807, 2.05) is 30.3 Å². The van der Waals surface area contributed by atoms with Crippen LogP contribution in [0.1, 0.15) is 0 Å². The first-order valence-electron chi connectivity index (χ1n) is 12.4. The van der Waals surface area contributed by atoms with Crippen LogP contribution in [0.3, 0.4) is 0 Å². The monoisotopic (exact) mass is 545 g/mol. The van der Waals surface area contributed by atoms with Crippen LogP contribution in [0.4, 0.5) is 45.0 Å². The number of ether oxygens (including phenoxy) is 2. The van der Waals surface area contributed by atoms with Crippen molar-refractivity contribution >= 4 is 57.8 Å². The summed E-state index contributed by atoms with van der Waals surface area (Å²) < 4.78 is 10.6. The van der Waals surface area contributed by atoms with E-state index in [-0.39, 0.29) is 0 Å². The van der Waals surface area contributed by atoms with Crippen molar-refractivity contribution < 1.29 is 14.3 Å². The largest absolute Gasteiger partial charge is 0.497 e. The van der Waals surface area contributed by atoms with Gasteiger partial charge in [0.05, 0.1) is 37.9 Å². The highest BCUT2D eigenvalue weighted by Gasteiger charge is 2.13. The van der Waals surface area contributed by atoms with Gasteiger partial charge in [0.1, 0.15) is 10.8 Å². The van der Waals surface area contributed by atoms with Gasteiger partial charge in [-0.2, -0.15) is 4.98 Å². The Morgan fingerprint density at radius 1 is 0.897 bits per heavy atom. The molecule has 3 aromatic carbocycles. The number of anilines is 7. The summed E-state index contributed by atoms with van der Waals surface area (Å²) >= 11 is 6.41. The number of para-hydroxylation sites is 2. The van der Waals surface area contributed by atoms with Crippen LogP contribution in [-0.4, -0.2) is 49.4 Å². The van der Waals surface area contributed by atoms with Gasteiger partial charge in [-0.3, -0.25) is 0 Å². The molecule has 11 heteroatoms. The van der Waals surface area contributed by atoms with Crippen LogP contribution in [0.5, 0.6) is 5.75 Å². The van der Waals surface area contributed by atoms with E-state index in [1.165, 1.54) is 6.20 Å². The Labute approximate surface area is 231 Å². The fraction of sp³-hybridized carbons (Fsp3) is 0.179. The maximum absolute atomic E-state index is 12.6. The molecule has 0 spiro atoms. The minimum atomic E-state index is -0.397. The van der Waals surface area contributed by atoms with Gasteiger partial charge in [0.2, 0.25) is 5.95 Å². The van der Waals surface area contributed by atoms with Crippen LogP contribution >= 0.6 is 11.6 Å². The number of benzene rings is 3. The summed E-state index contributed by atoms with van der Waals surface area (Å²) in [6, 6.07) is 22.0. The summed E-state index contributed by atoms with van der Waals surface area (Å²) in [5.74, 6) is 1.48. The number of nitrogens with one attached hydrogen (secondary N) is 4. The summed E-state index contributed by atoms with van der Waals surface area (Å²) in [5, 5.41) is 12.4. The lowest BCUT2D eigenvalue weighted by Crippen LogP contribution is -2.36. The van der Waals surface area contributed by atoms with E-state index in [0.29, 0.717) is 39.6 Å². The van der Waals surface area contributed by atoms with E-state index in [2.05, 4.69) is 48.3 Å². The Bertz CT molecular complexity index is 1410. The Hall–Kier alpha value is -4.54. The predicted octanol–water partition coefficient (Wildman–Crippen LogP) is 6.11. The Morgan fingerprint density at radius 3 is 2.31 bits per heavy atom. The fourth-order valence-corrected chi connectivity index (χ4v) is 4.15. The normalized spacial score (nSPS) is 12.9. The maximum atomic E-state index is 12.6. The van der Waals surface area contributed by atoms with Gasteiger partial charge in [-0.25, -0.2) is 9.78 Å². The summed E-state index contributed by atoms with van der Waals surface area (Å²) in [7, 11) is 1.59. The van der Waals surface area contributed by atoms with Crippen molar-refractivity contribution in [2.24, 2.45) is 0 Å². The molecule has 1 saturated heterocycles. The summed E-state index contributed by atoms with van der Waals surface area (Å²) in [6.45, 7) is 3.23. The number of hydrogen-bond acceptors (Lipinski definition) is 8. The third-order valence-corrected chi connectivity index (χ3v) is 6.30. The average Bonchev–Trinajstić information content (AvgIpc) is 2.97. The highest BCUT2D eigenvalue weighted by molar-refractivity contribution is 6.33. The third-order valence-electron chi connectivity index (χ3n) is 6.02. The SMILES string of the molecule is COc1ccc(NC(=O)Nc2ccccc2Nc2nc(Nc3ccc(N4CCOCC4)cc3)ncc2Cl)cc1. The molecule has 0 bridgehead atoms. The second-order valence-electron chi connectivity index (χ2n) is 8.64. The number of halogens is 1. The molecule has 2 amide bonds. The number of hydrogen-bond donors (Lipinski definition) is 4. The summed E-state index contributed by atoms with van der Waals surface area (Å²) in [6.07, 6.45) is 1.52. The lowest BCUT2D eigenvalue weighted by Gasteiger charge is -2.28. The van der Waals surface area contributed by atoms with Crippen molar-refractivity contribution in [1.29, 1.82) is 0 Å². The number of amides is 2. The zero-order valence-corrected chi connectivity index (χ0v) is 22.0. The van der Waals surface area contributed by atoms with Crippen LogP contribution in [0.15, 0.2) is 79.0 Å². The number of methoxy groups -OCH3 is 1. The topological polar surface area (TPSA) is 113 Å². The van der Waals surface area contributed by atoms with Crippen molar-refractivity contribution in [3.8, 4) is 5.75 Å². The number of nitrogens with zero attached hydrogens (tertiary/aromatic N) is 3. The first kappa shape index (κ1) is 26.1. The lowest BCUT2D eigenvalue weighted by atomic mass is 10.2. The van der Waals surface area contributed by atoms with Crippen LogP contribution in [0.25, 0.3) is 0 Å². The molecule has 200 valence electrons. The second-order valence-corrected chi connectivity index (χ2v) is 9.05. The first-order chi connectivity index (χ1) is 19.1.